The smallest absolute Gasteiger partial charge is 0.228 e. The lowest BCUT2D eigenvalue weighted by Gasteiger charge is -2.11. The lowest BCUT2D eigenvalue weighted by Crippen LogP contribution is -2.15. The average molecular weight is 270 g/mol. The molecule has 0 aliphatic heterocycles. The van der Waals surface area contributed by atoms with Crippen LogP contribution in [0.4, 0.5) is 11.4 Å². The van der Waals surface area contributed by atoms with Gasteiger partial charge in [-0.15, -0.1) is 0 Å². The Labute approximate surface area is 118 Å². The van der Waals surface area contributed by atoms with Gasteiger partial charge < -0.3 is 15.8 Å². The van der Waals surface area contributed by atoms with E-state index in [-0.39, 0.29) is 5.91 Å². The summed E-state index contributed by atoms with van der Waals surface area (Å²) >= 11 is 0. The summed E-state index contributed by atoms with van der Waals surface area (Å²) in [6, 6.07) is 13.0. The van der Waals surface area contributed by atoms with Crippen LogP contribution in [0.15, 0.2) is 42.5 Å². The summed E-state index contributed by atoms with van der Waals surface area (Å²) in [7, 11) is 1.55. The maximum atomic E-state index is 12.0. The van der Waals surface area contributed by atoms with Crippen LogP contribution in [-0.2, 0) is 11.2 Å². The van der Waals surface area contributed by atoms with Crippen molar-refractivity contribution in [3.8, 4) is 5.75 Å². The fourth-order valence-electron chi connectivity index (χ4n) is 2.01. The van der Waals surface area contributed by atoms with Crippen LogP contribution in [0.2, 0.25) is 0 Å². The number of ether oxygens (including phenoxy) is 1. The molecule has 2 rings (SSSR count). The lowest BCUT2D eigenvalue weighted by molar-refractivity contribution is -0.115. The number of hydrogen-bond donors (Lipinski definition) is 2. The first-order valence-corrected chi connectivity index (χ1v) is 6.37. The zero-order valence-electron chi connectivity index (χ0n) is 11.6. The maximum absolute atomic E-state index is 12.0. The second-order valence-corrected chi connectivity index (χ2v) is 4.67. The second-order valence-electron chi connectivity index (χ2n) is 4.67. The predicted octanol–water partition coefficient (Wildman–Crippen LogP) is 2.77. The molecule has 2 aromatic carbocycles. The van der Waals surface area contributed by atoms with Crippen LogP contribution in [0.3, 0.4) is 0 Å². The zero-order valence-corrected chi connectivity index (χ0v) is 11.6. The SMILES string of the molecule is COc1cc(N)ccc1NC(=O)Cc1cccc(C)c1. The zero-order chi connectivity index (χ0) is 14.5. The highest BCUT2D eigenvalue weighted by molar-refractivity contribution is 5.94. The Morgan fingerprint density at radius 2 is 2.05 bits per heavy atom. The van der Waals surface area contributed by atoms with Crippen LogP contribution in [-0.4, -0.2) is 13.0 Å². The molecular formula is C16H18N2O2. The Balaban J connectivity index is 2.08. The summed E-state index contributed by atoms with van der Waals surface area (Å²) in [6.45, 7) is 2.00. The summed E-state index contributed by atoms with van der Waals surface area (Å²) in [5.41, 5.74) is 9.02. The first kappa shape index (κ1) is 13.9. The molecule has 0 unspecified atom stereocenters. The van der Waals surface area contributed by atoms with Gasteiger partial charge in [-0.05, 0) is 24.6 Å². The van der Waals surface area contributed by atoms with Crippen molar-refractivity contribution >= 4 is 17.3 Å². The minimum absolute atomic E-state index is 0.0846. The second kappa shape index (κ2) is 6.10. The minimum Gasteiger partial charge on any atom is -0.494 e. The van der Waals surface area contributed by atoms with E-state index in [4.69, 9.17) is 10.5 Å². The molecule has 3 N–H and O–H groups in total. The third kappa shape index (κ3) is 3.51. The standard InChI is InChI=1S/C16H18N2O2/c1-11-4-3-5-12(8-11)9-16(19)18-14-7-6-13(17)10-15(14)20-2/h3-8,10H,9,17H2,1-2H3,(H,18,19). The van der Waals surface area contributed by atoms with Crippen molar-refractivity contribution in [3.05, 3.63) is 53.6 Å². The third-order valence-corrected chi connectivity index (χ3v) is 2.95. The van der Waals surface area contributed by atoms with Gasteiger partial charge in [-0.3, -0.25) is 4.79 Å². The quantitative estimate of drug-likeness (QED) is 0.840. The highest BCUT2D eigenvalue weighted by atomic mass is 16.5. The van der Waals surface area contributed by atoms with Crippen molar-refractivity contribution < 1.29 is 9.53 Å². The van der Waals surface area contributed by atoms with Gasteiger partial charge in [0.15, 0.2) is 0 Å². The van der Waals surface area contributed by atoms with Crippen molar-refractivity contribution in [2.75, 3.05) is 18.2 Å². The van der Waals surface area contributed by atoms with Crippen LogP contribution >= 0.6 is 0 Å². The maximum Gasteiger partial charge on any atom is 0.228 e. The number of anilines is 2. The number of nitrogens with one attached hydrogen (secondary N) is 1. The molecule has 0 heterocycles. The monoisotopic (exact) mass is 270 g/mol. The molecule has 0 radical (unpaired) electrons. The highest BCUT2D eigenvalue weighted by Crippen LogP contribution is 2.26. The number of carbonyl (C=O) groups is 1. The molecule has 4 heteroatoms. The van der Waals surface area contributed by atoms with Gasteiger partial charge in [0.1, 0.15) is 5.75 Å². The first-order chi connectivity index (χ1) is 9.58. The van der Waals surface area contributed by atoms with E-state index in [0.29, 0.717) is 23.5 Å². The van der Waals surface area contributed by atoms with Crippen molar-refractivity contribution in [3.63, 3.8) is 0 Å². The van der Waals surface area contributed by atoms with E-state index in [2.05, 4.69) is 5.32 Å². The number of benzene rings is 2. The molecular weight excluding hydrogens is 252 g/mol. The molecule has 0 atom stereocenters. The fraction of sp³-hybridized carbons (Fsp3) is 0.188. The van der Waals surface area contributed by atoms with Gasteiger partial charge in [-0.2, -0.15) is 0 Å². The summed E-state index contributed by atoms with van der Waals surface area (Å²) in [6.07, 6.45) is 0.329. The number of rotatable bonds is 4. The number of hydrogen-bond acceptors (Lipinski definition) is 3. The van der Waals surface area contributed by atoms with E-state index >= 15 is 0 Å². The van der Waals surface area contributed by atoms with Gasteiger partial charge in [0, 0.05) is 11.8 Å². The number of carbonyl (C=O) groups excluding carboxylic acids is 1. The van der Waals surface area contributed by atoms with E-state index in [0.717, 1.165) is 11.1 Å². The third-order valence-electron chi connectivity index (χ3n) is 2.95. The van der Waals surface area contributed by atoms with Crippen LogP contribution < -0.4 is 15.8 Å². The molecule has 0 bridgehead atoms. The van der Waals surface area contributed by atoms with E-state index in [9.17, 15) is 4.79 Å². The Morgan fingerprint density at radius 1 is 1.25 bits per heavy atom. The number of nitrogen functional groups attached to an aromatic ring is 1. The molecule has 4 nitrogen and oxygen atoms in total. The molecule has 2 aromatic rings. The molecule has 0 aromatic heterocycles. The van der Waals surface area contributed by atoms with Crippen molar-refractivity contribution in [2.24, 2.45) is 0 Å². The topological polar surface area (TPSA) is 64.3 Å². The Bertz CT molecular complexity index is 624. The number of nitrogens with two attached hydrogens (primary N) is 1. The van der Waals surface area contributed by atoms with Gasteiger partial charge in [0.2, 0.25) is 5.91 Å². The van der Waals surface area contributed by atoms with E-state index in [1.54, 1.807) is 25.3 Å². The molecule has 104 valence electrons. The summed E-state index contributed by atoms with van der Waals surface area (Å²) in [5.74, 6) is 0.473. The molecule has 1 amide bonds. The molecule has 0 fully saturated rings. The molecule has 20 heavy (non-hydrogen) atoms. The van der Waals surface area contributed by atoms with Crippen LogP contribution in [0, 0.1) is 6.92 Å². The number of amides is 1. The molecule has 0 saturated heterocycles. The average Bonchev–Trinajstić information content (AvgIpc) is 2.40. The van der Waals surface area contributed by atoms with E-state index in [1.165, 1.54) is 0 Å². The lowest BCUT2D eigenvalue weighted by atomic mass is 10.1. The van der Waals surface area contributed by atoms with E-state index < -0.39 is 0 Å². The molecule has 0 aliphatic rings. The first-order valence-electron chi connectivity index (χ1n) is 6.37. The normalized spacial score (nSPS) is 10.1. The minimum atomic E-state index is -0.0846. The van der Waals surface area contributed by atoms with Crippen LogP contribution in [0.1, 0.15) is 11.1 Å². The summed E-state index contributed by atoms with van der Waals surface area (Å²) in [4.78, 5) is 12.0. The molecule has 0 aliphatic carbocycles. The van der Waals surface area contributed by atoms with Gasteiger partial charge in [-0.1, -0.05) is 29.8 Å². The van der Waals surface area contributed by atoms with Crippen molar-refractivity contribution in [1.82, 2.24) is 0 Å². The van der Waals surface area contributed by atoms with Crippen molar-refractivity contribution in [1.29, 1.82) is 0 Å². The van der Waals surface area contributed by atoms with Gasteiger partial charge in [-0.25, -0.2) is 0 Å². The van der Waals surface area contributed by atoms with E-state index in [1.807, 2.05) is 31.2 Å². The highest BCUT2D eigenvalue weighted by Gasteiger charge is 2.08. The van der Waals surface area contributed by atoms with Crippen LogP contribution in [0.25, 0.3) is 0 Å². The van der Waals surface area contributed by atoms with Gasteiger partial charge in [0.25, 0.3) is 0 Å². The van der Waals surface area contributed by atoms with Crippen LogP contribution in [0.5, 0.6) is 5.75 Å². The fourth-order valence-corrected chi connectivity index (χ4v) is 2.01. The summed E-state index contributed by atoms with van der Waals surface area (Å²) in [5, 5.41) is 2.84. The summed E-state index contributed by atoms with van der Waals surface area (Å²) < 4.78 is 5.20. The molecule has 0 spiro atoms. The molecule has 0 saturated carbocycles. The van der Waals surface area contributed by atoms with Gasteiger partial charge >= 0.3 is 0 Å². The predicted molar refractivity (Wildman–Crippen MR) is 80.9 cm³/mol. The Hall–Kier alpha value is -2.49. The largest absolute Gasteiger partial charge is 0.494 e. The van der Waals surface area contributed by atoms with Crippen molar-refractivity contribution in [2.45, 2.75) is 13.3 Å². The number of aryl methyl sites for hydroxylation is 1. The Morgan fingerprint density at radius 3 is 2.75 bits per heavy atom. The Kier molecular flexibility index (Phi) is 4.25. The van der Waals surface area contributed by atoms with Gasteiger partial charge in [0.05, 0.1) is 19.2 Å². The number of methoxy groups -OCH3 is 1.